The van der Waals surface area contributed by atoms with Crippen LogP contribution in [0.5, 0.6) is 0 Å². The number of aliphatic carboxylic acids is 1. The zero-order chi connectivity index (χ0) is 17.8. The number of nitrogens with one attached hydrogen (secondary N) is 1. The van der Waals surface area contributed by atoms with E-state index in [-0.39, 0.29) is 0 Å². The standard InChI is InChI=1S/C15H21NO6S/c1-10(16-23(20,21)9-13(17)18)11-5-7-12(8-6-11)14(19)22-15(2,3)4/h5-8,10,16H,9H2,1-4H3,(H,17,18). The molecule has 1 aromatic carbocycles. The van der Waals surface area contributed by atoms with E-state index in [0.29, 0.717) is 11.1 Å². The van der Waals surface area contributed by atoms with Gasteiger partial charge >= 0.3 is 11.9 Å². The largest absolute Gasteiger partial charge is 0.480 e. The summed E-state index contributed by atoms with van der Waals surface area (Å²) in [5.74, 6) is -2.89. The fraction of sp³-hybridized carbons (Fsp3) is 0.467. The second kappa shape index (κ2) is 7.10. The second-order valence-corrected chi connectivity index (χ2v) is 7.87. The van der Waals surface area contributed by atoms with E-state index in [2.05, 4.69) is 4.72 Å². The lowest BCUT2D eigenvalue weighted by Gasteiger charge is -2.20. The van der Waals surface area contributed by atoms with Gasteiger partial charge < -0.3 is 9.84 Å². The number of benzene rings is 1. The molecule has 1 aromatic rings. The summed E-state index contributed by atoms with van der Waals surface area (Å²) in [7, 11) is -3.92. The van der Waals surface area contributed by atoms with Crippen LogP contribution in [0.3, 0.4) is 0 Å². The predicted octanol–water partition coefficient (Wildman–Crippen LogP) is 1.71. The normalized spacial score (nSPS) is 13.4. The van der Waals surface area contributed by atoms with Gasteiger partial charge in [0.2, 0.25) is 10.0 Å². The number of esters is 1. The summed E-state index contributed by atoms with van der Waals surface area (Å²) in [4.78, 5) is 22.4. The van der Waals surface area contributed by atoms with Crippen molar-refractivity contribution in [1.82, 2.24) is 4.72 Å². The van der Waals surface area contributed by atoms with Crippen molar-refractivity contribution in [2.45, 2.75) is 39.3 Å². The molecule has 0 aliphatic heterocycles. The number of ether oxygens (including phenoxy) is 1. The van der Waals surface area contributed by atoms with Crippen LogP contribution in [0.15, 0.2) is 24.3 Å². The van der Waals surface area contributed by atoms with E-state index < -0.39 is 39.4 Å². The van der Waals surface area contributed by atoms with Gasteiger partial charge in [0.1, 0.15) is 5.60 Å². The molecule has 128 valence electrons. The van der Waals surface area contributed by atoms with Gasteiger partial charge in [0.05, 0.1) is 5.56 Å². The monoisotopic (exact) mass is 343 g/mol. The van der Waals surface area contributed by atoms with E-state index in [1.807, 2.05) is 0 Å². The predicted molar refractivity (Wildman–Crippen MR) is 84.6 cm³/mol. The number of hydrogen-bond acceptors (Lipinski definition) is 5. The van der Waals surface area contributed by atoms with Crippen molar-refractivity contribution in [3.05, 3.63) is 35.4 Å². The van der Waals surface area contributed by atoms with Crippen LogP contribution in [0.2, 0.25) is 0 Å². The number of carboxylic acid groups (broad SMARTS) is 1. The van der Waals surface area contributed by atoms with Gasteiger partial charge in [0, 0.05) is 6.04 Å². The SMILES string of the molecule is CC(NS(=O)(=O)CC(=O)O)c1ccc(C(=O)OC(C)(C)C)cc1. The van der Waals surface area contributed by atoms with Crippen molar-refractivity contribution in [2.75, 3.05) is 5.75 Å². The Morgan fingerprint density at radius 1 is 1.22 bits per heavy atom. The van der Waals surface area contributed by atoms with Crippen LogP contribution in [0.25, 0.3) is 0 Å². The van der Waals surface area contributed by atoms with Crippen molar-refractivity contribution in [1.29, 1.82) is 0 Å². The van der Waals surface area contributed by atoms with Gasteiger partial charge in [0.15, 0.2) is 5.75 Å². The summed E-state index contributed by atoms with van der Waals surface area (Å²) in [6, 6.07) is 5.63. The minimum absolute atomic E-state index is 0.351. The fourth-order valence-electron chi connectivity index (χ4n) is 1.79. The first-order chi connectivity index (χ1) is 10.4. The van der Waals surface area contributed by atoms with Crippen LogP contribution in [-0.2, 0) is 19.6 Å². The molecule has 0 fully saturated rings. The number of rotatable bonds is 6. The van der Waals surface area contributed by atoms with Crippen LogP contribution in [0.1, 0.15) is 49.7 Å². The number of sulfonamides is 1. The maximum Gasteiger partial charge on any atom is 0.338 e. The summed E-state index contributed by atoms with van der Waals surface area (Å²) < 4.78 is 30.7. The maximum absolute atomic E-state index is 11.9. The Labute approximate surface area is 135 Å². The topological polar surface area (TPSA) is 110 Å². The Hall–Kier alpha value is -1.93. The molecule has 0 saturated heterocycles. The van der Waals surface area contributed by atoms with E-state index in [0.717, 1.165) is 0 Å². The first kappa shape index (κ1) is 19.1. The third kappa shape index (κ3) is 6.79. The highest BCUT2D eigenvalue weighted by Gasteiger charge is 2.20. The number of carboxylic acids is 1. The Kier molecular flexibility index (Phi) is 5.90. The molecule has 0 amide bonds. The molecule has 1 atom stereocenters. The molecule has 0 saturated carbocycles. The summed E-state index contributed by atoms with van der Waals surface area (Å²) in [6.07, 6.45) is 0. The highest BCUT2D eigenvalue weighted by molar-refractivity contribution is 7.90. The van der Waals surface area contributed by atoms with Crippen LogP contribution < -0.4 is 4.72 Å². The van der Waals surface area contributed by atoms with Gasteiger partial charge in [0.25, 0.3) is 0 Å². The van der Waals surface area contributed by atoms with E-state index >= 15 is 0 Å². The minimum atomic E-state index is -3.92. The summed E-state index contributed by atoms with van der Waals surface area (Å²) in [6.45, 7) is 6.87. The van der Waals surface area contributed by atoms with Gasteiger partial charge in [-0.3, -0.25) is 4.79 Å². The maximum atomic E-state index is 11.9. The highest BCUT2D eigenvalue weighted by Crippen LogP contribution is 2.17. The summed E-state index contributed by atoms with van der Waals surface area (Å²) in [5, 5.41) is 8.55. The zero-order valence-corrected chi connectivity index (χ0v) is 14.3. The van der Waals surface area contributed by atoms with Gasteiger partial charge in [-0.25, -0.2) is 17.9 Å². The van der Waals surface area contributed by atoms with Gasteiger partial charge in [-0.2, -0.15) is 0 Å². The highest BCUT2D eigenvalue weighted by atomic mass is 32.2. The van der Waals surface area contributed by atoms with Crippen molar-refractivity contribution in [3.8, 4) is 0 Å². The summed E-state index contributed by atoms with van der Waals surface area (Å²) in [5.41, 5.74) is 0.353. The lowest BCUT2D eigenvalue weighted by Crippen LogP contribution is -2.32. The molecule has 0 aliphatic rings. The lowest BCUT2D eigenvalue weighted by atomic mass is 10.1. The summed E-state index contributed by atoms with van der Waals surface area (Å²) >= 11 is 0. The van der Waals surface area contributed by atoms with Crippen LogP contribution in [0, 0.1) is 0 Å². The molecule has 0 aliphatic carbocycles. The Bertz CT molecular complexity index is 673. The van der Waals surface area contributed by atoms with E-state index in [1.54, 1.807) is 39.8 Å². The van der Waals surface area contributed by atoms with Crippen LogP contribution in [-0.4, -0.2) is 36.8 Å². The van der Waals surface area contributed by atoms with Gasteiger partial charge in [-0.05, 0) is 45.4 Å². The third-order valence-corrected chi connectivity index (χ3v) is 4.05. The molecule has 0 aromatic heterocycles. The zero-order valence-electron chi connectivity index (χ0n) is 13.5. The first-order valence-electron chi connectivity index (χ1n) is 6.95. The molecular weight excluding hydrogens is 322 g/mol. The smallest absolute Gasteiger partial charge is 0.338 e. The van der Waals surface area contributed by atoms with Crippen molar-refractivity contribution >= 4 is 22.0 Å². The molecule has 0 radical (unpaired) electrons. The molecule has 0 spiro atoms. The van der Waals surface area contributed by atoms with Crippen molar-refractivity contribution < 1.29 is 27.9 Å². The number of carbonyl (C=O) groups is 2. The first-order valence-corrected chi connectivity index (χ1v) is 8.60. The average Bonchev–Trinajstić information content (AvgIpc) is 2.34. The molecule has 1 unspecified atom stereocenters. The third-order valence-electron chi connectivity index (χ3n) is 2.72. The number of carbonyl (C=O) groups excluding carboxylic acids is 1. The van der Waals surface area contributed by atoms with Crippen LogP contribution in [0.4, 0.5) is 0 Å². The van der Waals surface area contributed by atoms with Crippen molar-refractivity contribution in [2.24, 2.45) is 0 Å². The molecule has 7 nitrogen and oxygen atoms in total. The van der Waals surface area contributed by atoms with E-state index in [1.165, 1.54) is 12.1 Å². The molecule has 0 heterocycles. The van der Waals surface area contributed by atoms with Crippen molar-refractivity contribution in [3.63, 3.8) is 0 Å². The molecule has 23 heavy (non-hydrogen) atoms. The van der Waals surface area contributed by atoms with Gasteiger partial charge in [-0.1, -0.05) is 12.1 Å². The van der Waals surface area contributed by atoms with E-state index in [9.17, 15) is 18.0 Å². The molecule has 1 rings (SSSR count). The molecule has 0 bridgehead atoms. The Balaban J connectivity index is 2.80. The Morgan fingerprint density at radius 3 is 2.17 bits per heavy atom. The van der Waals surface area contributed by atoms with Gasteiger partial charge in [-0.15, -0.1) is 0 Å². The quantitative estimate of drug-likeness (QED) is 0.761. The molecular formula is C15H21NO6S. The number of hydrogen-bond donors (Lipinski definition) is 2. The Morgan fingerprint density at radius 2 is 1.74 bits per heavy atom. The average molecular weight is 343 g/mol. The van der Waals surface area contributed by atoms with E-state index in [4.69, 9.17) is 9.84 Å². The fourth-order valence-corrected chi connectivity index (χ4v) is 2.87. The molecule has 8 heteroatoms. The second-order valence-electron chi connectivity index (χ2n) is 6.12. The minimum Gasteiger partial charge on any atom is -0.480 e. The lowest BCUT2D eigenvalue weighted by molar-refractivity contribution is -0.134. The molecule has 2 N–H and O–H groups in total. The van der Waals surface area contributed by atoms with Crippen LogP contribution >= 0.6 is 0 Å².